The summed E-state index contributed by atoms with van der Waals surface area (Å²) in [4.78, 5) is 0. The van der Waals surface area contributed by atoms with Gasteiger partial charge in [0.1, 0.15) is 5.83 Å². The van der Waals surface area contributed by atoms with E-state index in [9.17, 15) is 4.39 Å². The van der Waals surface area contributed by atoms with Crippen molar-refractivity contribution in [2.45, 2.75) is 52.4 Å². The Hall–Kier alpha value is -1.57. The molecule has 1 unspecified atom stereocenters. The van der Waals surface area contributed by atoms with Gasteiger partial charge in [0.2, 0.25) is 0 Å². The maximum atomic E-state index is 14.0. The maximum Gasteiger partial charge on any atom is 0.122 e. The quantitative estimate of drug-likeness (QED) is 0.659. The van der Waals surface area contributed by atoms with E-state index in [2.05, 4.69) is 37.9 Å². The van der Waals surface area contributed by atoms with E-state index in [1.54, 1.807) is 0 Å². The Balaban J connectivity index is 1.94. The fourth-order valence-electron chi connectivity index (χ4n) is 3.29. The zero-order valence-electron chi connectivity index (χ0n) is 13.9. The lowest BCUT2D eigenvalue weighted by Crippen LogP contribution is -2.08. The van der Waals surface area contributed by atoms with Crippen molar-refractivity contribution < 1.29 is 4.39 Å². The van der Waals surface area contributed by atoms with Crippen LogP contribution in [0.15, 0.2) is 59.1 Å². The average Bonchev–Trinajstić information content (AvgIpc) is 2.96. The minimum atomic E-state index is 0.00893. The molecule has 0 bridgehead atoms. The first-order valence-corrected chi connectivity index (χ1v) is 8.48. The van der Waals surface area contributed by atoms with Gasteiger partial charge in [-0.05, 0) is 67.7 Å². The summed E-state index contributed by atoms with van der Waals surface area (Å²) in [6.45, 7) is 9.07. The molecule has 1 aliphatic heterocycles. The molecule has 2 heteroatoms. The van der Waals surface area contributed by atoms with E-state index in [1.165, 1.54) is 16.8 Å². The highest BCUT2D eigenvalue weighted by molar-refractivity contribution is 5.39. The van der Waals surface area contributed by atoms with Crippen LogP contribution in [0.3, 0.4) is 0 Å². The van der Waals surface area contributed by atoms with Gasteiger partial charge in [-0.15, -0.1) is 0 Å². The van der Waals surface area contributed by atoms with Gasteiger partial charge in [-0.3, -0.25) is 0 Å². The van der Waals surface area contributed by atoms with Crippen molar-refractivity contribution in [2.75, 3.05) is 6.54 Å². The number of allylic oxidation sites excluding steroid dienone is 8. The Morgan fingerprint density at radius 3 is 3.00 bits per heavy atom. The Labute approximate surface area is 134 Å². The second kappa shape index (κ2) is 8.17. The van der Waals surface area contributed by atoms with Crippen molar-refractivity contribution in [3.05, 3.63) is 59.1 Å². The summed E-state index contributed by atoms with van der Waals surface area (Å²) in [5, 5.41) is 3.47. The lowest BCUT2D eigenvalue weighted by molar-refractivity contribution is 0.537. The van der Waals surface area contributed by atoms with Gasteiger partial charge in [-0.1, -0.05) is 38.2 Å². The van der Waals surface area contributed by atoms with Crippen LogP contribution >= 0.6 is 0 Å². The highest BCUT2D eigenvalue weighted by atomic mass is 19.1. The highest BCUT2D eigenvalue weighted by Gasteiger charge is 2.18. The molecule has 120 valence electrons. The zero-order valence-corrected chi connectivity index (χ0v) is 13.9. The largest absolute Gasteiger partial charge is 0.385 e. The molecule has 1 nitrogen and oxygen atoms in total. The molecule has 0 saturated carbocycles. The first-order valence-electron chi connectivity index (χ1n) is 8.48. The van der Waals surface area contributed by atoms with Gasteiger partial charge in [0.05, 0.1) is 0 Å². The Bertz CT molecular complexity index is 534. The molecule has 1 fully saturated rings. The lowest BCUT2D eigenvalue weighted by atomic mass is 9.89. The summed E-state index contributed by atoms with van der Waals surface area (Å²) >= 11 is 0. The van der Waals surface area contributed by atoms with Crippen LogP contribution in [-0.2, 0) is 0 Å². The maximum absolute atomic E-state index is 14.0. The Morgan fingerprint density at radius 1 is 1.50 bits per heavy atom. The third-order valence-corrected chi connectivity index (χ3v) is 4.53. The fraction of sp³-hybridized carbons (Fsp3) is 0.500. The minimum absolute atomic E-state index is 0.00893. The molecule has 22 heavy (non-hydrogen) atoms. The molecule has 1 atom stereocenters. The van der Waals surface area contributed by atoms with Crippen LogP contribution in [0.5, 0.6) is 0 Å². The monoisotopic (exact) mass is 301 g/mol. The summed E-state index contributed by atoms with van der Waals surface area (Å²) < 4.78 is 14.0. The highest BCUT2D eigenvalue weighted by Crippen LogP contribution is 2.31. The van der Waals surface area contributed by atoms with Crippen LogP contribution < -0.4 is 5.32 Å². The van der Waals surface area contributed by atoms with Crippen molar-refractivity contribution in [2.24, 2.45) is 5.92 Å². The van der Waals surface area contributed by atoms with Gasteiger partial charge in [-0.25, -0.2) is 4.39 Å². The molecule has 2 aliphatic rings. The van der Waals surface area contributed by atoms with Crippen LogP contribution in [0, 0.1) is 5.92 Å². The smallest absolute Gasteiger partial charge is 0.122 e. The van der Waals surface area contributed by atoms with E-state index in [1.807, 2.05) is 12.2 Å². The topological polar surface area (TPSA) is 12.0 Å². The Morgan fingerprint density at radius 2 is 2.32 bits per heavy atom. The van der Waals surface area contributed by atoms with Crippen LogP contribution in [0.4, 0.5) is 4.39 Å². The third-order valence-electron chi connectivity index (χ3n) is 4.53. The first-order chi connectivity index (χ1) is 10.7. The Kier molecular flexibility index (Phi) is 6.23. The molecule has 0 amide bonds. The molecule has 0 aromatic heterocycles. The van der Waals surface area contributed by atoms with Crippen molar-refractivity contribution >= 4 is 0 Å². The fourth-order valence-corrected chi connectivity index (χ4v) is 3.29. The summed E-state index contributed by atoms with van der Waals surface area (Å²) in [6.07, 6.45) is 13.8. The van der Waals surface area contributed by atoms with Gasteiger partial charge in [0.15, 0.2) is 0 Å². The van der Waals surface area contributed by atoms with Crippen LogP contribution in [0.1, 0.15) is 52.4 Å². The van der Waals surface area contributed by atoms with Gasteiger partial charge in [0, 0.05) is 12.2 Å². The van der Waals surface area contributed by atoms with Gasteiger partial charge in [-0.2, -0.15) is 0 Å². The third kappa shape index (κ3) is 4.22. The van der Waals surface area contributed by atoms with Crippen molar-refractivity contribution in [1.82, 2.24) is 5.32 Å². The van der Waals surface area contributed by atoms with E-state index in [-0.39, 0.29) is 5.83 Å². The average molecular weight is 301 g/mol. The first kappa shape index (κ1) is 16.8. The molecule has 2 rings (SSSR count). The lowest BCUT2D eigenvalue weighted by Gasteiger charge is -2.18. The summed E-state index contributed by atoms with van der Waals surface area (Å²) in [5.74, 6) is 0.346. The minimum Gasteiger partial charge on any atom is -0.385 e. The SMILES string of the molecule is C=C/C=C1/CCN/C1=C(/C)CCC1C=C(F)C(CCC)=CC1. The van der Waals surface area contributed by atoms with E-state index < -0.39 is 0 Å². The molecule has 1 heterocycles. The summed E-state index contributed by atoms with van der Waals surface area (Å²) in [7, 11) is 0. The second-order valence-corrected chi connectivity index (χ2v) is 6.29. The van der Waals surface area contributed by atoms with E-state index >= 15 is 0 Å². The number of halogens is 1. The van der Waals surface area contributed by atoms with Gasteiger partial charge in [0.25, 0.3) is 0 Å². The van der Waals surface area contributed by atoms with Gasteiger partial charge < -0.3 is 5.32 Å². The molecule has 0 radical (unpaired) electrons. The molecule has 1 saturated heterocycles. The van der Waals surface area contributed by atoms with Crippen LogP contribution in [0.2, 0.25) is 0 Å². The molecule has 0 aromatic rings. The van der Waals surface area contributed by atoms with Crippen molar-refractivity contribution in [3.63, 3.8) is 0 Å². The molecule has 0 spiro atoms. The normalized spacial score (nSPS) is 25.6. The van der Waals surface area contributed by atoms with Crippen LogP contribution in [0.25, 0.3) is 0 Å². The molecular weight excluding hydrogens is 273 g/mol. The molecule has 1 aliphatic carbocycles. The molecule has 1 N–H and O–H groups in total. The standard InChI is InChI=1S/C20H28FN/c1-4-6-17-11-10-16(14-19(17)21)9-8-15(3)20-18(7-5-2)12-13-22-20/h5,7,11,14,16,22H,2,4,6,8-10,12-13H2,1,3H3/b18-7-,20-15-. The molecular formula is C20H28FN. The number of nitrogens with one attached hydrogen (secondary N) is 1. The van der Waals surface area contributed by atoms with Crippen molar-refractivity contribution in [1.29, 1.82) is 0 Å². The number of hydrogen-bond acceptors (Lipinski definition) is 1. The second-order valence-electron chi connectivity index (χ2n) is 6.29. The zero-order chi connectivity index (χ0) is 15.9. The van der Waals surface area contributed by atoms with E-state index in [0.29, 0.717) is 5.92 Å². The summed E-state index contributed by atoms with van der Waals surface area (Å²) in [6, 6.07) is 0. The number of rotatable bonds is 6. The van der Waals surface area contributed by atoms with E-state index in [0.717, 1.165) is 50.6 Å². The summed E-state index contributed by atoms with van der Waals surface area (Å²) in [5.41, 5.74) is 4.91. The van der Waals surface area contributed by atoms with E-state index in [4.69, 9.17) is 0 Å². The van der Waals surface area contributed by atoms with Gasteiger partial charge >= 0.3 is 0 Å². The predicted molar refractivity (Wildman–Crippen MR) is 93.1 cm³/mol. The predicted octanol–water partition coefficient (Wildman–Crippen LogP) is 5.75. The van der Waals surface area contributed by atoms with Crippen molar-refractivity contribution in [3.8, 4) is 0 Å². The molecule has 0 aromatic carbocycles. The number of hydrogen-bond donors (Lipinski definition) is 1. The van der Waals surface area contributed by atoms with Crippen LogP contribution in [-0.4, -0.2) is 6.54 Å².